The molecule has 1 aliphatic rings. The van der Waals surface area contributed by atoms with Gasteiger partial charge in [0.1, 0.15) is 5.69 Å². The van der Waals surface area contributed by atoms with Crippen molar-refractivity contribution in [1.82, 2.24) is 20.1 Å². The predicted octanol–water partition coefficient (Wildman–Crippen LogP) is 2.54. The minimum atomic E-state index is -0.195. The van der Waals surface area contributed by atoms with Crippen molar-refractivity contribution >= 4 is 11.7 Å². The predicted molar refractivity (Wildman–Crippen MR) is 105 cm³/mol. The second-order valence-electron chi connectivity index (χ2n) is 7.18. The number of oxazole rings is 1. The van der Waals surface area contributed by atoms with Gasteiger partial charge in [-0.1, -0.05) is 12.1 Å². The first kappa shape index (κ1) is 19.1. The SMILES string of the molecule is CC(=O)c1cnc(-c2cccc(-c3cc(C(=O)NCC4CC4)n(CCO)n3)c2)o1. The molecule has 0 aliphatic heterocycles. The van der Waals surface area contributed by atoms with Crippen LogP contribution in [-0.4, -0.2) is 44.7 Å². The second-order valence-corrected chi connectivity index (χ2v) is 7.18. The van der Waals surface area contributed by atoms with Crippen LogP contribution in [0.3, 0.4) is 0 Å². The van der Waals surface area contributed by atoms with Gasteiger partial charge in [-0.15, -0.1) is 0 Å². The number of aromatic nitrogens is 3. The lowest BCUT2D eigenvalue weighted by molar-refractivity contribution is 0.0938. The van der Waals surface area contributed by atoms with Crippen LogP contribution >= 0.6 is 0 Å². The van der Waals surface area contributed by atoms with Crippen LogP contribution in [-0.2, 0) is 6.54 Å². The average molecular weight is 394 g/mol. The van der Waals surface area contributed by atoms with Gasteiger partial charge in [0.25, 0.3) is 5.91 Å². The van der Waals surface area contributed by atoms with Gasteiger partial charge in [-0.3, -0.25) is 14.3 Å². The number of amides is 1. The smallest absolute Gasteiger partial charge is 0.269 e. The molecular weight excluding hydrogens is 372 g/mol. The number of nitrogens with zero attached hydrogens (tertiary/aromatic N) is 3. The Bertz CT molecular complexity index is 1050. The molecule has 1 aromatic carbocycles. The number of benzene rings is 1. The van der Waals surface area contributed by atoms with Gasteiger partial charge < -0.3 is 14.8 Å². The lowest BCUT2D eigenvalue weighted by atomic mass is 10.1. The van der Waals surface area contributed by atoms with Crippen LogP contribution in [0.15, 0.2) is 40.9 Å². The number of hydrogen-bond donors (Lipinski definition) is 2. The third-order valence-electron chi connectivity index (χ3n) is 4.83. The van der Waals surface area contributed by atoms with Crippen LogP contribution in [0.2, 0.25) is 0 Å². The zero-order valence-electron chi connectivity index (χ0n) is 16.1. The summed E-state index contributed by atoms with van der Waals surface area (Å²) in [6.45, 7) is 2.20. The highest BCUT2D eigenvalue weighted by Crippen LogP contribution is 2.28. The summed E-state index contributed by atoms with van der Waals surface area (Å²) in [5, 5.41) is 16.8. The molecule has 0 bridgehead atoms. The maximum atomic E-state index is 12.6. The van der Waals surface area contributed by atoms with E-state index >= 15 is 0 Å². The lowest BCUT2D eigenvalue weighted by Crippen LogP contribution is -2.28. The quantitative estimate of drug-likeness (QED) is 0.568. The van der Waals surface area contributed by atoms with Gasteiger partial charge in [-0.25, -0.2) is 4.98 Å². The van der Waals surface area contributed by atoms with Crippen molar-refractivity contribution in [2.75, 3.05) is 13.2 Å². The third-order valence-corrected chi connectivity index (χ3v) is 4.83. The maximum absolute atomic E-state index is 12.6. The number of nitrogens with one attached hydrogen (secondary N) is 1. The minimum absolute atomic E-state index is 0.117. The summed E-state index contributed by atoms with van der Waals surface area (Å²) in [6.07, 6.45) is 3.71. The summed E-state index contributed by atoms with van der Waals surface area (Å²) < 4.78 is 7.02. The van der Waals surface area contributed by atoms with Crippen LogP contribution in [0.25, 0.3) is 22.7 Å². The Morgan fingerprint density at radius 1 is 1.28 bits per heavy atom. The van der Waals surface area contributed by atoms with E-state index in [-0.39, 0.29) is 30.6 Å². The van der Waals surface area contributed by atoms with E-state index in [1.165, 1.54) is 17.8 Å². The van der Waals surface area contributed by atoms with Gasteiger partial charge in [0.05, 0.1) is 25.0 Å². The number of aliphatic hydroxyl groups is 1. The number of aliphatic hydroxyl groups excluding tert-OH is 1. The Kier molecular flexibility index (Phi) is 5.26. The first-order valence-electron chi connectivity index (χ1n) is 9.59. The van der Waals surface area contributed by atoms with E-state index in [2.05, 4.69) is 15.4 Å². The largest absolute Gasteiger partial charge is 0.433 e. The average Bonchev–Trinajstić information content (AvgIpc) is 3.24. The van der Waals surface area contributed by atoms with Crippen molar-refractivity contribution in [3.63, 3.8) is 0 Å². The molecular formula is C21H22N4O4. The van der Waals surface area contributed by atoms with Crippen LogP contribution in [0, 0.1) is 5.92 Å². The topological polar surface area (TPSA) is 110 Å². The monoisotopic (exact) mass is 394 g/mol. The van der Waals surface area contributed by atoms with E-state index < -0.39 is 0 Å². The summed E-state index contributed by atoms with van der Waals surface area (Å²) in [4.78, 5) is 28.2. The Morgan fingerprint density at radius 2 is 2.07 bits per heavy atom. The molecule has 8 heteroatoms. The molecule has 2 N–H and O–H groups in total. The summed E-state index contributed by atoms with van der Waals surface area (Å²) in [7, 11) is 0. The molecule has 1 saturated carbocycles. The zero-order valence-corrected chi connectivity index (χ0v) is 16.1. The highest BCUT2D eigenvalue weighted by atomic mass is 16.4. The second kappa shape index (κ2) is 8.00. The van der Waals surface area contributed by atoms with E-state index in [4.69, 9.17) is 4.42 Å². The molecule has 0 unspecified atom stereocenters. The van der Waals surface area contributed by atoms with Crippen LogP contribution in [0.4, 0.5) is 0 Å². The zero-order chi connectivity index (χ0) is 20.4. The standard InChI is InChI=1S/C21H22N4O4/c1-13(27)19-12-23-21(29-19)16-4-2-3-15(9-16)17-10-18(25(24-17)7-8-26)20(28)22-11-14-5-6-14/h2-4,9-10,12,14,26H,5-8,11H2,1H3,(H,22,28). The third kappa shape index (κ3) is 4.27. The van der Waals surface area contributed by atoms with Crippen LogP contribution in [0.5, 0.6) is 0 Å². The van der Waals surface area contributed by atoms with Crippen molar-refractivity contribution in [2.45, 2.75) is 26.3 Å². The fraction of sp³-hybridized carbons (Fsp3) is 0.333. The first-order chi connectivity index (χ1) is 14.0. The van der Waals surface area contributed by atoms with Gasteiger partial charge in [-0.2, -0.15) is 5.10 Å². The number of hydrogen-bond acceptors (Lipinski definition) is 6. The summed E-state index contributed by atoms with van der Waals surface area (Å²) >= 11 is 0. The van der Waals surface area contributed by atoms with Gasteiger partial charge in [0, 0.05) is 24.6 Å². The fourth-order valence-corrected chi connectivity index (χ4v) is 3.04. The van der Waals surface area contributed by atoms with Gasteiger partial charge in [0.2, 0.25) is 5.89 Å². The number of Topliss-reactive ketones (excluding diaryl/α,β-unsaturated/α-hetero) is 1. The number of carbonyl (C=O) groups is 2. The van der Waals surface area contributed by atoms with Crippen LogP contribution < -0.4 is 5.32 Å². The molecule has 150 valence electrons. The molecule has 3 aromatic rings. The van der Waals surface area contributed by atoms with E-state index in [0.717, 1.165) is 18.4 Å². The van der Waals surface area contributed by atoms with Gasteiger partial charge in [-0.05, 0) is 37.0 Å². The highest BCUT2D eigenvalue weighted by molar-refractivity contribution is 5.94. The molecule has 0 saturated heterocycles. The molecule has 2 aromatic heterocycles. The van der Waals surface area contributed by atoms with E-state index in [9.17, 15) is 14.7 Å². The number of ketones is 1. The van der Waals surface area contributed by atoms with Gasteiger partial charge >= 0.3 is 0 Å². The normalized spacial score (nSPS) is 13.4. The van der Waals surface area contributed by atoms with E-state index in [1.54, 1.807) is 6.07 Å². The Morgan fingerprint density at radius 3 is 2.76 bits per heavy atom. The molecule has 0 radical (unpaired) electrons. The Hall–Kier alpha value is -3.26. The minimum Gasteiger partial charge on any atom is -0.433 e. The molecule has 1 amide bonds. The van der Waals surface area contributed by atoms with Crippen molar-refractivity contribution in [3.05, 3.63) is 48.0 Å². The highest BCUT2D eigenvalue weighted by Gasteiger charge is 2.23. The summed E-state index contributed by atoms with van der Waals surface area (Å²) in [5.41, 5.74) is 2.50. The van der Waals surface area contributed by atoms with Crippen molar-refractivity contribution in [1.29, 1.82) is 0 Å². The van der Waals surface area contributed by atoms with Gasteiger partial charge in [0.15, 0.2) is 11.5 Å². The molecule has 4 rings (SSSR count). The number of carbonyl (C=O) groups excluding carboxylic acids is 2. The first-order valence-corrected chi connectivity index (χ1v) is 9.59. The Labute approximate surface area is 167 Å². The van der Waals surface area contributed by atoms with Crippen molar-refractivity contribution in [2.24, 2.45) is 5.92 Å². The maximum Gasteiger partial charge on any atom is 0.269 e. The number of rotatable bonds is 8. The van der Waals surface area contributed by atoms with Crippen LogP contribution in [0.1, 0.15) is 40.8 Å². The van der Waals surface area contributed by atoms with E-state index in [1.807, 2.05) is 24.3 Å². The Balaban J connectivity index is 1.62. The molecule has 29 heavy (non-hydrogen) atoms. The van der Waals surface area contributed by atoms with Crippen molar-refractivity contribution in [3.8, 4) is 22.7 Å². The summed E-state index contributed by atoms with van der Waals surface area (Å²) in [6, 6.07) is 9.09. The molecule has 2 heterocycles. The lowest BCUT2D eigenvalue weighted by Gasteiger charge is -2.06. The van der Waals surface area contributed by atoms with Crippen molar-refractivity contribution < 1.29 is 19.1 Å². The van der Waals surface area contributed by atoms with E-state index in [0.29, 0.717) is 35.3 Å². The molecule has 0 atom stereocenters. The summed E-state index contributed by atoms with van der Waals surface area (Å²) in [5.74, 6) is 0.732. The molecule has 0 spiro atoms. The fourth-order valence-electron chi connectivity index (χ4n) is 3.04. The molecule has 1 aliphatic carbocycles. The molecule has 1 fully saturated rings. The molecule has 8 nitrogen and oxygen atoms in total.